The van der Waals surface area contributed by atoms with Gasteiger partial charge in [-0.3, -0.25) is 4.79 Å². The van der Waals surface area contributed by atoms with Crippen molar-refractivity contribution in [2.24, 2.45) is 0 Å². The molecule has 61 heavy (non-hydrogen) atoms. The molecule has 1 rings (SSSR count). The van der Waals surface area contributed by atoms with Gasteiger partial charge in [0.1, 0.15) is 24.4 Å². The minimum Gasteiger partial charge on any atom is -0.394 e. The van der Waals surface area contributed by atoms with Crippen LogP contribution in [0.1, 0.15) is 206 Å². The van der Waals surface area contributed by atoms with Gasteiger partial charge >= 0.3 is 0 Å². The van der Waals surface area contributed by atoms with E-state index in [9.17, 15) is 30.3 Å². The third-order valence-corrected chi connectivity index (χ3v) is 11.6. The molecule has 1 aliphatic heterocycles. The second-order valence-electron chi connectivity index (χ2n) is 17.2. The van der Waals surface area contributed by atoms with E-state index >= 15 is 0 Å². The highest BCUT2D eigenvalue weighted by Gasteiger charge is 2.44. The number of unbranched alkanes of at least 4 members (excludes halogenated alkanes) is 21. The van der Waals surface area contributed by atoms with E-state index in [4.69, 9.17) is 9.47 Å². The molecule has 0 aromatic heterocycles. The fourth-order valence-corrected chi connectivity index (χ4v) is 7.56. The molecule has 0 radical (unpaired) electrons. The summed E-state index contributed by atoms with van der Waals surface area (Å²) in [5.41, 5.74) is 0. The number of aliphatic hydroxyl groups excluding tert-OH is 5. The number of carbonyl (C=O) groups excluding carboxylic acids is 1. The smallest absolute Gasteiger partial charge is 0.220 e. The molecule has 0 bridgehead atoms. The van der Waals surface area contributed by atoms with Crippen molar-refractivity contribution >= 4 is 5.91 Å². The van der Waals surface area contributed by atoms with Crippen LogP contribution in [0.3, 0.4) is 0 Å². The summed E-state index contributed by atoms with van der Waals surface area (Å²) in [7, 11) is 0. The zero-order valence-electron chi connectivity index (χ0n) is 38.9. The molecule has 0 saturated carbocycles. The number of aliphatic hydroxyl groups is 5. The van der Waals surface area contributed by atoms with E-state index in [0.717, 1.165) is 51.4 Å². The summed E-state index contributed by atoms with van der Waals surface area (Å²) in [6, 6.07) is -0.767. The topological polar surface area (TPSA) is 149 Å². The van der Waals surface area contributed by atoms with Crippen LogP contribution in [0.25, 0.3) is 0 Å². The lowest BCUT2D eigenvalue weighted by molar-refractivity contribution is -0.302. The van der Waals surface area contributed by atoms with E-state index in [1.807, 2.05) is 0 Å². The zero-order chi connectivity index (χ0) is 44.4. The Morgan fingerprint density at radius 1 is 0.557 bits per heavy atom. The molecule has 2 unspecified atom stereocenters. The first-order valence-corrected chi connectivity index (χ1v) is 25.0. The minimum absolute atomic E-state index is 0.175. The number of hydrogen-bond donors (Lipinski definition) is 6. The van der Waals surface area contributed by atoms with Crippen molar-refractivity contribution in [3.8, 4) is 0 Å². The predicted octanol–water partition coefficient (Wildman–Crippen LogP) is 11.2. The second kappa shape index (κ2) is 41.9. The molecule has 1 heterocycles. The summed E-state index contributed by atoms with van der Waals surface area (Å²) >= 11 is 0. The normalized spacial score (nSPS) is 20.9. The molecule has 0 spiro atoms. The van der Waals surface area contributed by atoms with Crippen LogP contribution in [0.5, 0.6) is 0 Å². The van der Waals surface area contributed by atoms with Crippen molar-refractivity contribution in [1.29, 1.82) is 0 Å². The van der Waals surface area contributed by atoms with Gasteiger partial charge in [-0.15, -0.1) is 0 Å². The summed E-state index contributed by atoms with van der Waals surface area (Å²) in [6.45, 7) is 3.78. The van der Waals surface area contributed by atoms with E-state index in [-0.39, 0.29) is 18.9 Å². The van der Waals surface area contributed by atoms with Gasteiger partial charge in [-0.25, -0.2) is 0 Å². The average molecular weight is 860 g/mol. The standard InChI is InChI=1S/C52H93NO8/c1-3-5-7-9-11-13-15-17-19-21-22-23-24-26-28-30-32-34-36-38-40-42-48(56)53-45(44-60-52-51(59)50(58)49(57)47(43-54)61-52)46(55)41-39-37-35-33-31-29-27-25-20-18-16-14-12-10-8-6-4-2/h19,21,23-24,28,30-31,33-34,36,45-47,49-52,54-55,57-59H,3-18,20,22,25-27,29,32,35,37-44H2,1-2H3,(H,53,56)/b21-19+,24-23+,30-28+,33-31+,36-34+/t45-,46+,47-,49-,50?,51?,52-/m0/s1. The molecular formula is C52H93NO8. The average Bonchev–Trinajstić information content (AvgIpc) is 3.26. The maximum Gasteiger partial charge on any atom is 0.220 e. The van der Waals surface area contributed by atoms with Crippen LogP contribution in [0.4, 0.5) is 0 Å². The Balaban J connectivity index is 2.37. The van der Waals surface area contributed by atoms with Gasteiger partial charge in [0.25, 0.3) is 0 Å². The molecule has 0 aliphatic carbocycles. The van der Waals surface area contributed by atoms with Crippen molar-refractivity contribution in [3.05, 3.63) is 60.8 Å². The van der Waals surface area contributed by atoms with E-state index < -0.39 is 49.5 Å². The first-order valence-electron chi connectivity index (χ1n) is 25.0. The number of amides is 1. The van der Waals surface area contributed by atoms with Crippen molar-refractivity contribution in [2.75, 3.05) is 13.2 Å². The fraction of sp³-hybridized carbons (Fsp3) is 0.788. The number of allylic oxidation sites excluding steroid dienone is 10. The van der Waals surface area contributed by atoms with Gasteiger partial charge in [0.05, 0.1) is 25.4 Å². The lowest BCUT2D eigenvalue weighted by Crippen LogP contribution is -2.60. The molecule has 6 N–H and O–H groups in total. The van der Waals surface area contributed by atoms with Gasteiger partial charge < -0.3 is 40.3 Å². The van der Waals surface area contributed by atoms with Crippen LogP contribution in [0.2, 0.25) is 0 Å². The molecule has 9 heteroatoms. The maximum absolute atomic E-state index is 13.0. The maximum atomic E-state index is 13.0. The fourth-order valence-electron chi connectivity index (χ4n) is 7.56. The lowest BCUT2D eigenvalue weighted by atomic mass is 9.99. The number of rotatable bonds is 41. The summed E-state index contributed by atoms with van der Waals surface area (Å²) in [4.78, 5) is 13.0. The molecule has 9 nitrogen and oxygen atoms in total. The van der Waals surface area contributed by atoms with Crippen LogP contribution in [-0.2, 0) is 14.3 Å². The molecule has 354 valence electrons. The second-order valence-corrected chi connectivity index (χ2v) is 17.2. The Kier molecular flexibility index (Phi) is 39.1. The highest BCUT2D eigenvalue weighted by molar-refractivity contribution is 5.76. The highest BCUT2D eigenvalue weighted by atomic mass is 16.7. The van der Waals surface area contributed by atoms with Crippen LogP contribution in [0, 0.1) is 0 Å². The van der Waals surface area contributed by atoms with E-state index in [1.54, 1.807) is 0 Å². The SMILES string of the molecule is CCCCCCCCC/C=C/C/C=C/C/C=C/C/C=C/CCCC(=O)N[C@@H](CO[C@H]1O[C@@H](CO)[C@H](O)C(O)C1O)[C@H](O)CCCC/C=C/CCCCCCCCCCCCC. The molecule has 0 aromatic carbocycles. The van der Waals surface area contributed by atoms with E-state index in [1.165, 1.54) is 122 Å². The molecule has 1 aliphatic rings. The Morgan fingerprint density at radius 2 is 0.967 bits per heavy atom. The Morgan fingerprint density at radius 3 is 1.44 bits per heavy atom. The molecule has 1 fully saturated rings. The third kappa shape index (κ3) is 32.2. The summed E-state index contributed by atoms with van der Waals surface area (Å²) in [6.07, 6.45) is 48.1. The first-order chi connectivity index (χ1) is 29.8. The molecule has 1 saturated heterocycles. The Bertz CT molecular complexity index is 1140. The quantitative estimate of drug-likeness (QED) is 0.0263. The van der Waals surface area contributed by atoms with Crippen LogP contribution in [0.15, 0.2) is 60.8 Å². The molecule has 0 aromatic rings. The van der Waals surface area contributed by atoms with Crippen LogP contribution >= 0.6 is 0 Å². The number of hydrogen-bond acceptors (Lipinski definition) is 8. The number of nitrogens with one attached hydrogen (secondary N) is 1. The van der Waals surface area contributed by atoms with Crippen molar-refractivity contribution in [2.45, 2.75) is 249 Å². The third-order valence-electron chi connectivity index (χ3n) is 11.6. The zero-order valence-corrected chi connectivity index (χ0v) is 38.9. The van der Waals surface area contributed by atoms with Gasteiger partial charge in [-0.2, -0.15) is 0 Å². The largest absolute Gasteiger partial charge is 0.394 e. The van der Waals surface area contributed by atoms with Gasteiger partial charge in [-0.1, -0.05) is 184 Å². The Hall–Kier alpha value is -2.11. The van der Waals surface area contributed by atoms with Crippen molar-refractivity contribution < 1.29 is 39.8 Å². The minimum atomic E-state index is -1.57. The van der Waals surface area contributed by atoms with Gasteiger partial charge in [0, 0.05) is 6.42 Å². The van der Waals surface area contributed by atoms with Gasteiger partial charge in [0.2, 0.25) is 5.91 Å². The van der Waals surface area contributed by atoms with E-state index in [2.05, 4.69) is 79.9 Å². The molecular weight excluding hydrogens is 767 g/mol. The highest BCUT2D eigenvalue weighted by Crippen LogP contribution is 2.23. The predicted molar refractivity (Wildman–Crippen MR) is 253 cm³/mol. The van der Waals surface area contributed by atoms with Gasteiger partial charge in [-0.05, 0) is 77.0 Å². The number of ether oxygens (including phenoxy) is 2. The van der Waals surface area contributed by atoms with Crippen molar-refractivity contribution in [3.63, 3.8) is 0 Å². The number of carbonyl (C=O) groups is 1. The van der Waals surface area contributed by atoms with Gasteiger partial charge in [0.15, 0.2) is 6.29 Å². The molecule has 1 amide bonds. The van der Waals surface area contributed by atoms with E-state index in [0.29, 0.717) is 12.8 Å². The first kappa shape index (κ1) is 56.9. The Labute approximate surface area is 373 Å². The summed E-state index contributed by atoms with van der Waals surface area (Å²) in [5, 5.41) is 54.4. The van der Waals surface area contributed by atoms with Crippen LogP contribution in [-0.4, -0.2) is 87.5 Å². The molecule has 7 atom stereocenters. The monoisotopic (exact) mass is 860 g/mol. The van der Waals surface area contributed by atoms with Crippen LogP contribution < -0.4 is 5.32 Å². The summed E-state index contributed by atoms with van der Waals surface area (Å²) in [5.74, 6) is -0.209. The van der Waals surface area contributed by atoms with Crippen molar-refractivity contribution in [1.82, 2.24) is 5.32 Å². The summed E-state index contributed by atoms with van der Waals surface area (Å²) < 4.78 is 11.2. The lowest BCUT2D eigenvalue weighted by Gasteiger charge is -2.40.